The number of nitrogens with two attached hydrogens (primary N) is 1. The predicted octanol–water partition coefficient (Wildman–Crippen LogP) is 3.49. The lowest BCUT2D eigenvalue weighted by molar-refractivity contribution is -0.127. The summed E-state index contributed by atoms with van der Waals surface area (Å²) in [6.07, 6.45) is 4.70. The highest BCUT2D eigenvalue weighted by Gasteiger charge is 2.23. The van der Waals surface area contributed by atoms with Crippen LogP contribution in [0.25, 0.3) is 28.1 Å². The molecule has 2 N–H and O–H groups in total. The first-order chi connectivity index (χ1) is 19.3. The van der Waals surface area contributed by atoms with Crippen molar-refractivity contribution in [1.29, 1.82) is 0 Å². The van der Waals surface area contributed by atoms with Gasteiger partial charge < -0.3 is 10.6 Å². The normalized spacial score (nSPS) is 13.4. The molecule has 1 aliphatic heterocycles. The summed E-state index contributed by atoms with van der Waals surface area (Å²) in [7, 11) is -1.83. The minimum atomic E-state index is -3.37. The first-order valence-corrected chi connectivity index (χ1v) is 15.9. The van der Waals surface area contributed by atoms with E-state index in [9.17, 15) is 22.8 Å². The molecular formula is C29H34ClN5O5S. The van der Waals surface area contributed by atoms with Crippen LogP contribution in [0.3, 0.4) is 0 Å². The number of carbonyl (C=O) groups excluding carboxylic acids is 1. The summed E-state index contributed by atoms with van der Waals surface area (Å²) in [4.78, 5) is 45.7. The Morgan fingerprint density at radius 1 is 1.10 bits per heavy atom. The summed E-state index contributed by atoms with van der Waals surface area (Å²) >= 11 is 6.74. The van der Waals surface area contributed by atoms with E-state index in [1.807, 2.05) is 18.7 Å². The maximum atomic E-state index is 13.3. The molecule has 218 valence electrons. The number of benzene rings is 2. The van der Waals surface area contributed by atoms with Crippen LogP contribution in [-0.4, -0.2) is 59.3 Å². The minimum absolute atomic E-state index is 0.0857. The second-order valence-corrected chi connectivity index (χ2v) is 13.0. The lowest BCUT2D eigenvalue weighted by Gasteiger charge is -2.22. The van der Waals surface area contributed by atoms with Crippen molar-refractivity contribution in [2.24, 2.45) is 17.8 Å². The van der Waals surface area contributed by atoms with Crippen molar-refractivity contribution in [1.82, 2.24) is 14.0 Å². The monoisotopic (exact) mass is 599 g/mol. The molecule has 3 aromatic rings. The fourth-order valence-corrected chi connectivity index (χ4v) is 5.74. The van der Waals surface area contributed by atoms with Crippen LogP contribution >= 0.6 is 11.6 Å². The van der Waals surface area contributed by atoms with Gasteiger partial charge in [0, 0.05) is 50.5 Å². The molecule has 41 heavy (non-hydrogen) atoms. The van der Waals surface area contributed by atoms with Gasteiger partial charge in [0.15, 0.2) is 0 Å². The number of nitrogens with zero attached hydrogens (tertiary/aromatic N) is 4. The molecule has 0 unspecified atom stereocenters. The number of amides is 1. The third kappa shape index (κ3) is 6.46. The zero-order valence-corrected chi connectivity index (χ0v) is 25.2. The molecule has 2 aromatic carbocycles. The number of hydrogen-bond donors (Lipinski definition) is 1. The number of aryl methyl sites for hydroxylation is 1. The number of rotatable bonds is 9. The van der Waals surface area contributed by atoms with Gasteiger partial charge in [-0.3, -0.25) is 18.7 Å². The van der Waals surface area contributed by atoms with Gasteiger partial charge in [0.2, 0.25) is 5.91 Å². The largest absolute Gasteiger partial charge is 0.387 e. The van der Waals surface area contributed by atoms with E-state index in [4.69, 9.17) is 17.3 Å². The first kappa shape index (κ1) is 30.3. The molecule has 0 aliphatic carbocycles. The number of halogens is 1. The summed E-state index contributed by atoms with van der Waals surface area (Å²) in [6.45, 7) is 5.12. The molecule has 1 aliphatic rings. The predicted molar refractivity (Wildman–Crippen MR) is 165 cm³/mol. The Morgan fingerprint density at radius 2 is 1.78 bits per heavy atom. The van der Waals surface area contributed by atoms with Crippen LogP contribution in [0, 0.1) is 0 Å². The van der Waals surface area contributed by atoms with Gasteiger partial charge in [-0.25, -0.2) is 18.2 Å². The number of aliphatic imine (C=N–C) groups is 1. The van der Waals surface area contributed by atoms with Crippen molar-refractivity contribution in [3.05, 3.63) is 67.3 Å². The number of hydrogen-bond acceptors (Lipinski definition) is 7. The maximum absolute atomic E-state index is 13.3. The van der Waals surface area contributed by atoms with E-state index >= 15 is 0 Å². The first-order valence-electron chi connectivity index (χ1n) is 13.4. The van der Waals surface area contributed by atoms with Crippen molar-refractivity contribution in [3.8, 4) is 11.1 Å². The van der Waals surface area contributed by atoms with Gasteiger partial charge in [-0.1, -0.05) is 31.5 Å². The van der Waals surface area contributed by atoms with Crippen LogP contribution in [-0.2, 0) is 28.2 Å². The Labute approximate surface area is 243 Å². The molecular weight excluding hydrogens is 566 g/mol. The van der Waals surface area contributed by atoms with E-state index < -0.39 is 21.1 Å². The minimum Gasteiger partial charge on any atom is -0.387 e. The van der Waals surface area contributed by atoms with E-state index in [-0.39, 0.29) is 30.0 Å². The van der Waals surface area contributed by atoms with Gasteiger partial charge in [0.05, 0.1) is 27.4 Å². The molecule has 0 bridgehead atoms. The van der Waals surface area contributed by atoms with Crippen LogP contribution in [0.2, 0.25) is 5.02 Å². The molecule has 1 aromatic heterocycles. The third-order valence-corrected chi connectivity index (χ3v) is 8.22. The van der Waals surface area contributed by atoms with Gasteiger partial charge in [-0.15, -0.1) is 0 Å². The molecule has 4 rings (SSSR count). The molecule has 0 fully saturated rings. The van der Waals surface area contributed by atoms with Crippen molar-refractivity contribution < 1.29 is 13.2 Å². The zero-order chi connectivity index (χ0) is 30.1. The van der Waals surface area contributed by atoms with Gasteiger partial charge >= 0.3 is 5.69 Å². The Bertz CT molecular complexity index is 1820. The summed E-state index contributed by atoms with van der Waals surface area (Å²) < 4.78 is 25.5. The highest BCUT2D eigenvalue weighted by atomic mass is 35.5. The molecule has 12 heteroatoms. The zero-order valence-electron chi connectivity index (χ0n) is 23.6. The Kier molecular flexibility index (Phi) is 8.89. The summed E-state index contributed by atoms with van der Waals surface area (Å²) in [5.41, 5.74) is 8.45. The van der Waals surface area contributed by atoms with Gasteiger partial charge in [-0.05, 0) is 54.3 Å². The quantitative estimate of drug-likeness (QED) is 0.400. The van der Waals surface area contributed by atoms with Crippen LogP contribution in [0.4, 0.5) is 5.69 Å². The van der Waals surface area contributed by atoms with Crippen molar-refractivity contribution in [3.63, 3.8) is 0 Å². The maximum Gasteiger partial charge on any atom is 0.331 e. The molecule has 1 amide bonds. The fraction of sp³-hybridized carbons (Fsp3) is 0.379. The van der Waals surface area contributed by atoms with Crippen LogP contribution in [0.15, 0.2) is 50.5 Å². The second kappa shape index (κ2) is 12.0. The highest BCUT2D eigenvalue weighted by molar-refractivity contribution is 7.90. The Morgan fingerprint density at radius 3 is 2.41 bits per heavy atom. The molecule has 10 nitrogen and oxygen atoms in total. The Balaban J connectivity index is 1.79. The number of fused-ring (bicyclic) bond motifs is 2. The number of amidine groups is 1. The molecule has 0 saturated heterocycles. The van der Waals surface area contributed by atoms with Crippen LogP contribution in [0.5, 0.6) is 0 Å². The van der Waals surface area contributed by atoms with Crippen molar-refractivity contribution in [2.45, 2.75) is 39.7 Å². The standard InChI is InChI=1S/C29H34ClN5O5S/c1-5-9-34(10-6-2)27(36)20-13-22-23(30)14-19(15-24(22)32-26(31)17-20)18-7-8-21-25(16-18)33(3)29(38)35(28(21)37)11-12-41(4,39)40/h7-8,13-16H,5-6,9-12,17H2,1-4H3,(H2,31,32). The second-order valence-electron chi connectivity index (χ2n) is 10.3. The Hall–Kier alpha value is -3.70. The third-order valence-electron chi connectivity index (χ3n) is 6.98. The van der Waals surface area contributed by atoms with E-state index in [1.165, 1.54) is 11.6 Å². The van der Waals surface area contributed by atoms with Crippen molar-refractivity contribution in [2.75, 3.05) is 25.1 Å². The van der Waals surface area contributed by atoms with Gasteiger partial charge in [0.1, 0.15) is 15.7 Å². The average molecular weight is 600 g/mol. The lowest BCUT2D eigenvalue weighted by Crippen LogP contribution is -2.40. The van der Waals surface area contributed by atoms with E-state index in [0.717, 1.165) is 23.7 Å². The van der Waals surface area contributed by atoms with E-state index in [2.05, 4.69) is 4.99 Å². The SMILES string of the molecule is CCCN(CCC)C(=O)C1=Cc2c(Cl)cc(-c3ccc4c(=O)n(CCS(C)(=O)=O)c(=O)n(C)c4c3)cc2N=C(N)C1. The molecule has 0 saturated carbocycles. The average Bonchev–Trinajstić information content (AvgIpc) is 3.08. The topological polar surface area (TPSA) is 137 Å². The molecule has 2 heterocycles. The summed E-state index contributed by atoms with van der Waals surface area (Å²) in [5.74, 6) is -0.113. The number of carbonyl (C=O) groups is 1. The summed E-state index contributed by atoms with van der Waals surface area (Å²) in [5, 5.41) is 0.659. The fourth-order valence-electron chi connectivity index (χ4n) is 4.96. The van der Waals surface area contributed by atoms with E-state index in [1.54, 1.807) is 36.4 Å². The van der Waals surface area contributed by atoms with Crippen molar-refractivity contribution >= 4 is 55.8 Å². The lowest BCUT2D eigenvalue weighted by atomic mass is 9.99. The van der Waals surface area contributed by atoms with Gasteiger partial charge in [-0.2, -0.15) is 0 Å². The van der Waals surface area contributed by atoms with E-state index in [0.29, 0.717) is 57.4 Å². The summed E-state index contributed by atoms with van der Waals surface area (Å²) in [6, 6.07) is 8.60. The molecule has 0 spiro atoms. The molecule has 0 atom stereocenters. The smallest absolute Gasteiger partial charge is 0.331 e. The van der Waals surface area contributed by atoms with Crippen LogP contribution < -0.4 is 17.0 Å². The van der Waals surface area contributed by atoms with Crippen LogP contribution in [0.1, 0.15) is 38.7 Å². The molecule has 0 radical (unpaired) electrons. The highest BCUT2D eigenvalue weighted by Crippen LogP contribution is 2.37. The number of aromatic nitrogens is 2. The van der Waals surface area contributed by atoms with Gasteiger partial charge in [0.25, 0.3) is 5.56 Å². The number of sulfone groups is 1.